The Labute approximate surface area is 186 Å². The van der Waals surface area contributed by atoms with Gasteiger partial charge in [0, 0.05) is 28.6 Å². The summed E-state index contributed by atoms with van der Waals surface area (Å²) in [5, 5.41) is 5.48. The number of nitrogens with zero attached hydrogens (tertiary/aromatic N) is 2. The molecule has 1 atom stereocenters. The Kier molecular flexibility index (Phi) is 5.23. The molecule has 5 nitrogen and oxygen atoms in total. The van der Waals surface area contributed by atoms with Crippen molar-refractivity contribution in [2.75, 3.05) is 11.4 Å². The van der Waals surface area contributed by atoms with Crippen LogP contribution in [0.5, 0.6) is 0 Å². The number of oxime groups is 1. The lowest BCUT2D eigenvalue weighted by atomic mass is 9.88. The fourth-order valence-corrected chi connectivity index (χ4v) is 4.32. The molecule has 2 aromatic rings. The van der Waals surface area contributed by atoms with E-state index < -0.39 is 11.2 Å². The van der Waals surface area contributed by atoms with Crippen LogP contribution in [0, 0.1) is 0 Å². The van der Waals surface area contributed by atoms with Crippen molar-refractivity contribution in [1.82, 2.24) is 0 Å². The number of hydrogen-bond donors (Lipinski definition) is 0. The largest absolute Gasteiger partial charge is 0.443 e. The summed E-state index contributed by atoms with van der Waals surface area (Å²) < 4.78 is 5.53. The predicted octanol–water partition coefficient (Wildman–Crippen LogP) is 6.33. The normalized spacial score (nSPS) is 20.6. The van der Waals surface area contributed by atoms with E-state index in [1.165, 1.54) is 0 Å². The Bertz CT molecular complexity index is 1020. The van der Waals surface area contributed by atoms with Crippen molar-refractivity contribution in [3.63, 3.8) is 0 Å². The van der Waals surface area contributed by atoms with E-state index in [-0.39, 0.29) is 6.09 Å². The van der Waals surface area contributed by atoms with Crippen LogP contribution in [-0.4, -0.2) is 24.0 Å². The first-order chi connectivity index (χ1) is 14.0. The van der Waals surface area contributed by atoms with E-state index in [1.54, 1.807) is 11.0 Å². The Morgan fingerprint density at radius 3 is 2.53 bits per heavy atom. The van der Waals surface area contributed by atoms with Gasteiger partial charge in [0.15, 0.2) is 5.60 Å². The summed E-state index contributed by atoms with van der Waals surface area (Å²) >= 11 is 12.3. The highest BCUT2D eigenvalue weighted by atomic mass is 35.5. The van der Waals surface area contributed by atoms with Crippen LogP contribution < -0.4 is 4.90 Å². The Balaban J connectivity index is 1.54. The second-order valence-corrected chi connectivity index (χ2v) is 9.79. The lowest BCUT2D eigenvalue weighted by Gasteiger charge is -2.24. The van der Waals surface area contributed by atoms with Crippen LogP contribution in [0.25, 0.3) is 0 Å². The third kappa shape index (κ3) is 4.14. The van der Waals surface area contributed by atoms with E-state index in [1.807, 2.05) is 52.0 Å². The highest BCUT2D eigenvalue weighted by Gasteiger charge is 2.38. The summed E-state index contributed by atoms with van der Waals surface area (Å²) in [5.41, 5.74) is 3.55. The summed E-state index contributed by atoms with van der Waals surface area (Å²) in [6.07, 6.45) is 1.05. The van der Waals surface area contributed by atoms with E-state index in [0.29, 0.717) is 23.0 Å². The monoisotopic (exact) mass is 446 g/mol. The van der Waals surface area contributed by atoms with Gasteiger partial charge < -0.3 is 9.57 Å². The van der Waals surface area contributed by atoms with Gasteiger partial charge in [0.2, 0.25) is 0 Å². The van der Waals surface area contributed by atoms with Crippen LogP contribution in [0.15, 0.2) is 41.6 Å². The van der Waals surface area contributed by atoms with Crippen LogP contribution in [0.4, 0.5) is 10.5 Å². The Morgan fingerprint density at radius 2 is 1.87 bits per heavy atom. The first-order valence-corrected chi connectivity index (χ1v) is 10.7. The van der Waals surface area contributed by atoms with Gasteiger partial charge in [-0.15, -0.1) is 0 Å². The first-order valence-electron chi connectivity index (χ1n) is 9.89. The lowest BCUT2D eigenvalue weighted by molar-refractivity contribution is -0.00737. The average molecular weight is 447 g/mol. The minimum absolute atomic E-state index is 0.319. The minimum Gasteiger partial charge on any atom is -0.443 e. The number of hydrogen-bond acceptors (Lipinski definition) is 4. The van der Waals surface area contributed by atoms with Crippen molar-refractivity contribution in [2.45, 2.75) is 51.7 Å². The van der Waals surface area contributed by atoms with Gasteiger partial charge in [-0.05, 0) is 75.6 Å². The molecule has 7 heteroatoms. The van der Waals surface area contributed by atoms with Crippen molar-refractivity contribution in [2.24, 2.45) is 5.16 Å². The summed E-state index contributed by atoms with van der Waals surface area (Å²) in [6, 6.07) is 11.4. The van der Waals surface area contributed by atoms with Gasteiger partial charge in [-0.2, -0.15) is 0 Å². The Morgan fingerprint density at radius 1 is 1.17 bits per heavy atom. The Hall–Kier alpha value is -2.24. The topological polar surface area (TPSA) is 51.1 Å². The molecule has 2 aliphatic rings. The van der Waals surface area contributed by atoms with Gasteiger partial charge in [0.25, 0.3) is 0 Å². The molecule has 0 spiro atoms. The summed E-state index contributed by atoms with van der Waals surface area (Å²) in [5.74, 6) is 0. The second-order valence-electron chi connectivity index (χ2n) is 8.92. The maximum absolute atomic E-state index is 12.5. The number of fused-ring (bicyclic) bond motifs is 1. The van der Waals surface area contributed by atoms with E-state index in [0.717, 1.165) is 34.5 Å². The molecule has 0 saturated heterocycles. The first kappa shape index (κ1) is 21.0. The molecule has 0 saturated carbocycles. The van der Waals surface area contributed by atoms with E-state index in [9.17, 15) is 4.79 Å². The van der Waals surface area contributed by atoms with E-state index >= 15 is 0 Å². The van der Waals surface area contributed by atoms with Crippen molar-refractivity contribution in [3.8, 4) is 0 Å². The number of carbonyl (C=O) groups is 1. The number of carbonyl (C=O) groups excluding carboxylic acids is 1. The average Bonchev–Trinajstić information content (AvgIpc) is 3.23. The lowest BCUT2D eigenvalue weighted by Crippen LogP contribution is -2.35. The molecule has 1 unspecified atom stereocenters. The summed E-state index contributed by atoms with van der Waals surface area (Å²) in [7, 11) is 0. The third-order valence-electron chi connectivity index (χ3n) is 5.26. The zero-order valence-electron chi connectivity index (χ0n) is 17.5. The molecule has 1 amide bonds. The van der Waals surface area contributed by atoms with Gasteiger partial charge in [0.1, 0.15) is 5.60 Å². The smallest absolute Gasteiger partial charge is 0.414 e. The van der Waals surface area contributed by atoms with Gasteiger partial charge in [-0.25, -0.2) is 4.79 Å². The van der Waals surface area contributed by atoms with E-state index in [4.69, 9.17) is 32.8 Å². The SMILES string of the molecule is CC(C)(C)OC(=O)N1CCc2cc(C3=NOC(C)(c4cc(Cl)cc(Cl)c4)C3)ccc21. The molecule has 0 N–H and O–H groups in total. The molecule has 0 aliphatic carbocycles. The van der Waals surface area contributed by atoms with Crippen LogP contribution in [0.2, 0.25) is 10.0 Å². The minimum atomic E-state index is -0.633. The molecule has 0 bridgehead atoms. The molecule has 0 aromatic heterocycles. The predicted molar refractivity (Wildman–Crippen MR) is 120 cm³/mol. The van der Waals surface area contributed by atoms with E-state index in [2.05, 4.69) is 11.2 Å². The van der Waals surface area contributed by atoms with Crippen LogP contribution in [-0.2, 0) is 21.6 Å². The molecular formula is C23H24Cl2N2O3. The molecule has 0 radical (unpaired) electrons. The zero-order valence-corrected chi connectivity index (χ0v) is 19.0. The molecule has 158 valence electrons. The fourth-order valence-electron chi connectivity index (χ4n) is 3.80. The van der Waals surface area contributed by atoms with Crippen molar-refractivity contribution in [1.29, 1.82) is 0 Å². The molecule has 2 heterocycles. The van der Waals surface area contributed by atoms with Gasteiger partial charge in [-0.3, -0.25) is 4.90 Å². The summed E-state index contributed by atoms with van der Waals surface area (Å²) in [6.45, 7) is 8.19. The molecule has 0 fully saturated rings. The standard InChI is InChI=1S/C23H24Cl2N2O3/c1-22(2,3)29-21(28)27-8-7-15-9-14(5-6-20(15)27)19-13-23(4,30-26-19)16-10-17(24)12-18(25)11-16/h5-6,9-12H,7-8,13H2,1-4H3. The molecule has 2 aliphatic heterocycles. The van der Waals surface area contributed by atoms with Crippen molar-refractivity contribution < 1.29 is 14.4 Å². The maximum Gasteiger partial charge on any atom is 0.414 e. The van der Waals surface area contributed by atoms with Crippen molar-refractivity contribution >= 4 is 40.7 Å². The highest BCUT2D eigenvalue weighted by molar-refractivity contribution is 6.34. The maximum atomic E-state index is 12.5. The number of ether oxygens (including phenoxy) is 1. The van der Waals surface area contributed by atoms with Crippen LogP contribution in [0.3, 0.4) is 0 Å². The number of rotatable bonds is 2. The molecule has 30 heavy (non-hydrogen) atoms. The van der Waals surface area contributed by atoms with Gasteiger partial charge >= 0.3 is 6.09 Å². The second kappa shape index (κ2) is 7.47. The molecule has 2 aromatic carbocycles. The quantitative estimate of drug-likeness (QED) is 0.541. The van der Waals surface area contributed by atoms with Crippen LogP contribution >= 0.6 is 23.2 Å². The highest BCUT2D eigenvalue weighted by Crippen LogP contribution is 2.39. The number of halogens is 2. The number of amides is 1. The number of benzene rings is 2. The molecule has 4 rings (SSSR count). The van der Waals surface area contributed by atoms with Crippen molar-refractivity contribution in [3.05, 3.63) is 63.1 Å². The summed E-state index contributed by atoms with van der Waals surface area (Å²) in [4.78, 5) is 20.0. The number of anilines is 1. The van der Waals surface area contributed by atoms with Gasteiger partial charge in [0.05, 0.1) is 11.4 Å². The molecular weight excluding hydrogens is 423 g/mol. The zero-order chi connectivity index (χ0) is 21.7. The van der Waals surface area contributed by atoms with Crippen LogP contribution in [0.1, 0.15) is 50.8 Å². The third-order valence-corrected chi connectivity index (χ3v) is 5.69. The van der Waals surface area contributed by atoms with Gasteiger partial charge in [-0.1, -0.05) is 34.4 Å². The fraction of sp³-hybridized carbons (Fsp3) is 0.391.